The second-order valence-electron chi connectivity index (χ2n) is 2.93. The van der Waals surface area contributed by atoms with E-state index >= 15 is 0 Å². The van der Waals surface area contributed by atoms with Crippen molar-refractivity contribution < 1.29 is 9.90 Å². The Labute approximate surface area is 91.4 Å². The van der Waals surface area contributed by atoms with Gasteiger partial charge in [0.2, 0.25) is 0 Å². The molecule has 2 aromatic rings. The van der Waals surface area contributed by atoms with Gasteiger partial charge in [-0.05, 0) is 6.07 Å². The van der Waals surface area contributed by atoms with Crippen molar-refractivity contribution in [1.82, 2.24) is 9.97 Å². The largest absolute Gasteiger partial charge is 0.481 e. The molecule has 5 heteroatoms. The number of benzene rings is 1. The van der Waals surface area contributed by atoms with Crippen molar-refractivity contribution in [3.63, 3.8) is 0 Å². The summed E-state index contributed by atoms with van der Waals surface area (Å²) in [6.45, 7) is 1.08. The molecule has 0 aliphatic carbocycles. The molecule has 0 unspecified atom stereocenters. The maximum atomic E-state index is 10.8. The summed E-state index contributed by atoms with van der Waals surface area (Å²) in [5, 5.41) is 8.29. The zero-order chi connectivity index (χ0) is 12.0. The lowest BCUT2D eigenvalue weighted by molar-refractivity contribution is -0.134. The van der Waals surface area contributed by atoms with E-state index < -0.39 is 5.97 Å². The molecule has 1 aromatic heterocycles. The van der Waals surface area contributed by atoms with Crippen LogP contribution < -0.4 is 5.56 Å². The monoisotopic (exact) mass is 218 g/mol. The highest BCUT2D eigenvalue weighted by Gasteiger charge is 1.89. The molecule has 1 heterocycles. The molecular formula is C11H10N2O3. The SMILES string of the molecule is CC(=O)O.O=c1cnc2ccccc2cn1. The van der Waals surface area contributed by atoms with Crippen LogP contribution in [0.1, 0.15) is 6.92 Å². The van der Waals surface area contributed by atoms with Crippen molar-refractivity contribution >= 4 is 16.9 Å². The number of carboxylic acid groups (broad SMARTS) is 1. The summed E-state index contributed by atoms with van der Waals surface area (Å²) >= 11 is 0. The quantitative estimate of drug-likeness (QED) is 0.715. The molecule has 0 bridgehead atoms. The fourth-order valence-electron chi connectivity index (χ4n) is 1.01. The van der Waals surface area contributed by atoms with Crippen molar-refractivity contribution in [2.75, 3.05) is 0 Å². The van der Waals surface area contributed by atoms with Gasteiger partial charge in [-0.1, -0.05) is 18.2 Å². The highest BCUT2D eigenvalue weighted by Crippen LogP contribution is 2.05. The first-order valence-electron chi connectivity index (χ1n) is 4.50. The Balaban J connectivity index is 0.000000280. The van der Waals surface area contributed by atoms with Gasteiger partial charge in [0.25, 0.3) is 11.5 Å². The number of rotatable bonds is 0. The van der Waals surface area contributed by atoms with Crippen LogP contribution in [0.5, 0.6) is 0 Å². The number of aromatic nitrogens is 2. The van der Waals surface area contributed by atoms with Crippen LogP contribution >= 0.6 is 0 Å². The summed E-state index contributed by atoms with van der Waals surface area (Å²) in [4.78, 5) is 27.4. The van der Waals surface area contributed by atoms with Gasteiger partial charge < -0.3 is 5.11 Å². The number of hydrogen-bond donors (Lipinski definition) is 1. The second kappa shape index (κ2) is 5.55. The van der Waals surface area contributed by atoms with E-state index in [1.807, 2.05) is 24.3 Å². The molecule has 0 saturated carbocycles. The van der Waals surface area contributed by atoms with Gasteiger partial charge in [0.15, 0.2) is 0 Å². The van der Waals surface area contributed by atoms with Crippen LogP contribution in [0.2, 0.25) is 0 Å². The van der Waals surface area contributed by atoms with Crippen molar-refractivity contribution in [3.05, 3.63) is 47.0 Å². The molecule has 0 amide bonds. The Hall–Kier alpha value is -2.30. The molecule has 0 spiro atoms. The third-order valence-electron chi connectivity index (χ3n) is 1.58. The standard InChI is InChI=1S/C9H6N2O.C2H4O2/c12-9-6-10-8-4-2-1-3-7(8)5-11-9;1-2(3)4/h1-6H;1H3,(H,3,4). The van der Waals surface area contributed by atoms with Crippen LogP contribution in [0.25, 0.3) is 10.9 Å². The minimum absolute atomic E-state index is 0.314. The summed E-state index contributed by atoms with van der Waals surface area (Å²) in [6.07, 6.45) is 2.76. The second-order valence-corrected chi connectivity index (χ2v) is 2.93. The van der Waals surface area contributed by atoms with Crippen LogP contribution in [0.15, 0.2) is 41.5 Å². The third-order valence-corrected chi connectivity index (χ3v) is 1.58. The van der Waals surface area contributed by atoms with Gasteiger partial charge in [0.1, 0.15) is 0 Å². The fraction of sp³-hybridized carbons (Fsp3) is 0.0909. The smallest absolute Gasteiger partial charge is 0.300 e. The predicted octanol–water partition coefficient (Wildman–Crippen LogP) is 1.08. The molecular weight excluding hydrogens is 208 g/mol. The summed E-state index contributed by atoms with van der Waals surface area (Å²) in [5.74, 6) is -0.833. The van der Waals surface area contributed by atoms with Gasteiger partial charge in [0.05, 0.1) is 11.7 Å². The molecule has 16 heavy (non-hydrogen) atoms. The van der Waals surface area contributed by atoms with Crippen molar-refractivity contribution in [2.24, 2.45) is 0 Å². The molecule has 0 aliphatic heterocycles. The molecule has 0 radical (unpaired) electrons. The number of fused-ring (bicyclic) bond motifs is 1. The number of carbonyl (C=O) groups is 1. The average molecular weight is 218 g/mol. The Morgan fingerprint density at radius 3 is 2.50 bits per heavy atom. The molecule has 0 saturated heterocycles. The summed E-state index contributed by atoms with van der Waals surface area (Å²) in [7, 11) is 0. The van der Waals surface area contributed by atoms with Crippen LogP contribution in [0, 0.1) is 0 Å². The van der Waals surface area contributed by atoms with E-state index in [4.69, 9.17) is 9.90 Å². The highest BCUT2D eigenvalue weighted by atomic mass is 16.4. The lowest BCUT2D eigenvalue weighted by Gasteiger charge is -1.85. The predicted molar refractivity (Wildman–Crippen MR) is 59.1 cm³/mol. The summed E-state index contributed by atoms with van der Waals surface area (Å²) in [5.41, 5.74) is 0.471. The number of carboxylic acids is 1. The Kier molecular flexibility index (Phi) is 4.08. The topological polar surface area (TPSA) is 80.1 Å². The first-order valence-corrected chi connectivity index (χ1v) is 4.50. The molecule has 82 valence electrons. The number of aliphatic carboxylic acids is 1. The maximum Gasteiger partial charge on any atom is 0.300 e. The van der Waals surface area contributed by atoms with Gasteiger partial charge in [-0.2, -0.15) is 0 Å². The Morgan fingerprint density at radius 1 is 1.19 bits per heavy atom. The molecule has 0 fully saturated rings. The molecule has 1 aromatic carbocycles. The normalized spacial score (nSPS) is 9.06. The van der Waals surface area contributed by atoms with Crippen LogP contribution in [0.4, 0.5) is 0 Å². The molecule has 0 atom stereocenters. The van der Waals surface area contributed by atoms with Gasteiger partial charge >= 0.3 is 0 Å². The number of hydrogen-bond acceptors (Lipinski definition) is 4. The van der Waals surface area contributed by atoms with Crippen LogP contribution in [-0.4, -0.2) is 21.0 Å². The number of nitrogens with zero attached hydrogens (tertiary/aromatic N) is 2. The Bertz CT molecular complexity index is 509. The lowest BCUT2D eigenvalue weighted by atomic mass is 10.2. The van der Waals surface area contributed by atoms with E-state index in [0.29, 0.717) is 0 Å². The summed E-state index contributed by atoms with van der Waals surface area (Å²) in [6, 6.07) is 7.47. The molecule has 0 aliphatic rings. The van der Waals surface area contributed by atoms with Crippen molar-refractivity contribution in [3.8, 4) is 0 Å². The maximum absolute atomic E-state index is 10.8. The zero-order valence-corrected chi connectivity index (χ0v) is 8.62. The fourth-order valence-corrected chi connectivity index (χ4v) is 1.01. The summed E-state index contributed by atoms with van der Waals surface area (Å²) < 4.78 is 0. The van der Waals surface area contributed by atoms with E-state index in [9.17, 15) is 4.79 Å². The first kappa shape index (κ1) is 11.8. The zero-order valence-electron chi connectivity index (χ0n) is 8.62. The van der Waals surface area contributed by atoms with Crippen LogP contribution in [0.3, 0.4) is 0 Å². The van der Waals surface area contributed by atoms with Crippen molar-refractivity contribution in [2.45, 2.75) is 6.92 Å². The molecule has 5 nitrogen and oxygen atoms in total. The van der Waals surface area contributed by atoms with Gasteiger partial charge in [-0.25, -0.2) is 4.98 Å². The van der Waals surface area contributed by atoms with Gasteiger partial charge in [-0.3, -0.25) is 14.6 Å². The Morgan fingerprint density at radius 2 is 1.81 bits per heavy atom. The first-order chi connectivity index (χ1) is 7.59. The van der Waals surface area contributed by atoms with E-state index in [-0.39, 0.29) is 5.56 Å². The lowest BCUT2D eigenvalue weighted by Crippen LogP contribution is -1.97. The highest BCUT2D eigenvalue weighted by molar-refractivity contribution is 5.76. The molecule has 1 N–H and O–H groups in total. The van der Waals surface area contributed by atoms with Gasteiger partial charge in [-0.15, -0.1) is 0 Å². The minimum Gasteiger partial charge on any atom is -0.481 e. The van der Waals surface area contributed by atoms with E-state index in [2.05, 4.69) is 9.97 Å². The molecule has 2 rings (SSSR count). The van der Waals surface area contributed by atoms with E-state index in [1.165, 1.54) is 12.4 Å². The van der Waals surface area contributed by atoms with E-state index in [0.717, 1.165) is 17.8 Å². The third kappa shape index (κ3) is 3.83. The minimum atomic E-state index is -0.833. The van der Waals surface area contributed by atoms with E-state index in [1.54, 1.807) is 0 Å². The van der Waals surface area contributed by atoms with Crippen molar-refractivity contribution in [1.29, 1.82) is 0 Å². The average Bonchev–Trinajstić information content (AvgIpc) is 2.41. The van der Waals surface area contributed by atoms with Crippen LogP contribution in [-0.2, 0) is 4.79 Å². The number of para-hydroxylation sites is 1. The van der Waals surface area contributed by atoms with Gasteiger partial charge in [0, 0.05) is 18.5 Å².